The Morgan fingerprint density at radius 2 is 1.71 bits per heavy atom. The zero-order valence-electron chi connectivity index (χ0n) is 15.2. The summed E-state index contributed by atoms with van der Waals surface area (Å²) in [6.07, 6.45) is 2.30. The minimum atomic E-state index is -0.481. The number of ether oxygens (including phenoxy) is 1. The minimum absolute atomic E-state index is 0.324. The summed E-state index contributed by atoms with van der Waals surface area (Å²) in [5, 5.41) is 0. The Hall–Kier alpha value is -1.53. The number of rotatable bonds is 3. The van der Waals surface area contributed by atoms with E-state index in [1.165, 1.54) is 7.11 Å². The fraction of sp³-hybridized carbons (Fsp3) is 0.611. The molecule has 6 heteroatoms. The monoisotopic (exact) mass is 331 g/mol. The molecule has 2 heterocycles. The lowest BCUT2D eigenvalue weighted by Gasteiger charge is -2.32. The summed E-state index contributed by atoms with van der Waals surface area (Å²) in [6, 6.07) is 5.82. The first kappa shape index (κ1) is 17.3. The lowest BCUT2D eigenvalue weighted by Crippen LogP contribution is -2.41. The SMILES string of the molecule is COC(=O)c1cc(B2OC(C)(C)C(C)(C)O2)ccc1N1CCCC1. The van der Waals surface area contributed by atoms with Gasteiger partial charge >= 0.3 is 13.1 Å². The number of methoxy groups -OCH3 is 1. The van der Waals surface area contributed by atoms with Crippen molar-refractivity contribution in [2.24, 2.45) is 0 Å². The maximum atomic E-state index is 12.3. The molecule has 0 N–H and O–H groups in total. The van der Waals surface area contributed by atoms with Crippen LogP contribution in [0.25, 0.3) is 0 Å². The van der Waals surface area contributed by atoms with Gasteiger partial charge in [-0.2, -0.15) is 0 Å². The van der Waals surface area contributed by atoms with Crippen molar-refractivity contribution in [3.63, 3.8) is 0 Å². The Bertz CT molecular complexity index is 622. The van der Waals surface area contributed by atoms with Gasteiger partial charge in [0.05, 0.1) is 29.6 Å². The Balaban J connectivity index is 1.95. The highest BCUT2D eigenvalue weighted by atomic mass is 16.7. The number of nitrogens with zero attached hydrogens (tertiary/aromatic N) is 1. The summed E-state index contributed by atoms with van der Waals surface area (Å²) in [5.74, 6) is -0.324. The molecule has 1 aromatic carbocycles. The summed E-state index contributed by atoms with van der Waals surface area (Å²) in [4.78, 5) is 14.5. The second-order valence-corrected chi connectivity index (χ2v) is 7.55. The summed E-state index contributed by atoms with van der Waals surface area (Å²) < 4.78 is 17.2. The van der Waals surface area contributed by atoms with Gasteiger partial charge in [-0.25, -0.2) is 4.79 Å². The molecule has 2 saturated heterocycles. The van der Waals surface area contributed by atoms with Crippen molar-refractivity contribution < 1.29 is 18.8 Å². The lowest BCUT2D eigenvalue weighted by molar-refractivity contribution is 0.00578. The quantitative estimate of drug-likeness (QED) is 0.629. The molecule has 24 heavy (non-hydrogen) atoms. The third-order valence-corrected chi connectivity index (χ3v) is 5.40. The lowest BCUT2D eigenvalue weighted by atomic mass is 9.78. The van der Waals surface area contributed by atoms with E-state index in [9.17, 15) is 4.79 Å². The molecule has 0 spiro atoms. The van der Waals surface area contributed by atoms with E-state index in [2.05, 4.69) is 4.90 Å². The molecule has 130 valence electrons. The third-order valence-electron chi connectivity index (χ3n) is 5.40. The molecule has 2 fully saturated rings. The topological polar surface area (TPSA) is 48.0 Å². The number of carbonyl (C=O) groups is 1. The highest BCUT2D eigenvalue weighted by Crippen LogP contribution is 2.37. The van der Waals surface area contributed by atoms with Crippen LogP contribution in [0.1, 0.15) is 50.9 Å². The van der Waals surface area contributed by atoms with Crippen LogP contribution >= 0.6 is 0 Å². The zero-order chi connectivity index (χ0) is 17.5. The summed E-state index contributed by atoms with van der Waals surface area (Å²) >= 11 is 0. The molecular weight excluding hydrogens is 305 g/mol. The molecule has 3 rings (SSSR count). The molecule has 0 unspecified atom stereocenters. The average molecular weight is 331 g/mol. The molecule has 0 amide bonds. The predicted octanol–water partition coefficient (Wildman–Crippen LogP) is 2.37. The van der Waals surface area contributed by atoms with Crippen LogP contribution in [0, 0.1) is 0 Å². The van der Waals surface area contributed by atoms with E-state index < -0.39 is 18.3 Å². The highest BCUT2D eigenvalue weighted by molar-refractivity contribution is 6.62. The van der Waals surface area contributed by atoms with E-state index in [1.54, 1.807) is 0 Å². The number of hydrogen-bond donors (Lipinski definition) is 0. The van der Waals surface area contributed by atoms with E-state index in [0.29, 0.717) is 5.56 Å². The number of hydrogen-bond acceptors (Lipinski definition) is 5. The average Bonchev–Trinajstić information content (AvgIpc) is 3.13. The largest absolute Gasteiger partial charge is 0.494 e. The zero-order valence-corrected chi connectivity index (χ0v) is 15.2. The molecule has 2 aliphatic rings. The Morgan fingerprint density at radius 3 is 2.25 bits per heavy atom. The highest BCUT2D eigenvalue weighted by Gasteiger charge is 2.51. The minimum Gasteiger partial charge on any atom is -0.465 e. The number of benzene rings is 1. The van der Waals surface area contributed by atoms with Gasteiger partial charge in [0.15, 0.2) is 0 Å². The van der Waals surface area contributed by atoms with Crippen LogP contribution in [-0.2, 0) is 14.0 Å². The molecule has 0 atom stereocenters. The molecule has 0 aromatic heterocycles. The molecule has 0 aliphatic carbocycles. The maximum absolute atomic E-state index is 12.3. The van der Waals surface area contributed by atoms with E-state index in [4.69, 9.17) is 14.0 Å². The van der Waals surface area contributed by atoms with Crippen molar-refractivity contribution in [2.75, 3.05) is 25.1 Å². The van der Waals surface area contributed by atoms with Crippen LogP contribution in [0.5, 0.6) is 0 Å². The molecule has 0 saturated carbocycles. The van der Waals surface area contributed by atoms with Crippen LogP contribution < -0.4 is 10.4 Å². The van der Waals surface area contributed by atoms with Crippen molar-refractivity contribution in [2.45, 2.75) is 51.7 Å². The molecule has 5 nitrogen and oxygen atoms in total. The summed E-state index contributed by atoms with van der Waals surface area (Å²) in [6.45, 7) is 10.0. The Kier molecular flexibility index (Phi) is 4.38. The molecule has 1 aromatic rings. The van der Waals surface area contributed by atoms with Gasteiger partial charge in [-0.15, -0.1) is 0 Å². The number of anilines is 1. The van der Waals surface area contributed by atoms with Crippen molar-refractivity contribution in [1.82, 2.24) is 0 Å². The van der Waals surface area contributed by atoms with Crippen LogP contribution in [-0.4, -0.2) is 44.5 Å². The Labute approximate surface area is 144 Å². The van der Waals surface area contributed by atoms with Gasteiger partial charge in [0, 0.05) is 13.1 Å². The van der Waals surface area contributed by atoms with E-state index in [0.717, 1.165) is 37.1 Å². The van der Waals surface area contributed by atoms with Crippen molar-refractivity contribution in [1.29, 1.82) is 0 Å². The van der Waals surface area contributed by atoms with Crippen LogP contribution in [0.15, 0.2) is 18.2 Å². The molecule has 2 aliphatic heterocycles. The fourth-order valence-corrected chi connectivity index (χ4v) is 3.19. The van der Waals surface area contributed by atoms with Crippen LogP contribution in [0.4, 0.5) is 5.69 Å². The second kappa shape index (κ2) is 6.08. The number of esters is 1. The maximum Gasteiger partial charge on any atom is 0.494 e. The summed E-state index contributed by atoms with van der Waals surface area (Å²) in [7, 11) is 0.934. The van der Waals surface area contributed by atoms with Gasteiger partial charge in [0.2, 0.25) is 0 Å². The van der Waals surface area contributed by atoms with Gasteiger partial charge in [0.25, 0.3) is 0 Å². The normalized spacial score (nSPS) is 22.0. The number of carbonyl (C=O) groups excluding carboxylic acids is 1. The third kappa shape index (κ3) is 2.93. The van der Waals surface area contributed by atoms with Crippen LogP contribution in [0.3, 0.4) is 0 Å². The summed E-state index contributed by atoms with van der Waals surface area (Å²) in [5.41, 5.74) is 1.54. The molecular formula is C18H26BNO4. The van der Waals surface area contributed by atoms with Gasteiger partial charge < -0.3 is 18.9 Å². The first-order valence-electron chi connectivity index (χ1n) is 8.58. The Morgan fingerprint density at radius 1 is 1.12 bits per heavy atom. The van der Waals surface area contributed by atoms with Gasteiger partial charge in [-0.05, 0) is 58.1 Å². The van der Waals surface area contributed by atoms with E-state index in [-0.39, 0.29) is 5.97 Å². The first-order chi connectivity index (χ1) is 11.2. The van der Waals surface area contributed by atoms with Crippen molar-refractivity contribution in [3.8, 4) is 0 Å². The van der Waals surface area contributed by atoms with Crippen LogP contribution in [0.2, 0.25) is 0 Å². The van der Waals surface area contributed by atoms with Gasteiger partial charge in [-0.3, -0.25) is 0 Å². The predicted molar refractivity (Wildman–Crippen MR) is 94.9 cm³/mol. The smallest absolute Gasteiger partial charge is 0.465 e. The van der Waals surface area contributed by atoms with E-state index in [1.807, 2.05) is 45.9 Å². The second-order valence-electron chi connectivity index (χ2n) is 7.55. The van der Waals surface area contributed by atoms with Crippen molar-refractivity contribution in [3.05, 3.63) is 23.8 Å². The molecule has 0 bridgehead atoms. The van der Waals surface area contributed by atoms with Gasteiger partial charge in [0.1, 0.15) is 0 Å². The fourth-order valence-electron chi connectivity index (χ4n) is 3.19. The van der Waals surface area contributed by atoms with Gasteiger partial charge in [-0.1, -0.05) is 6.07 Å². The van der Waals surface area contributed by atoms with E-state index >= 15 is 0 Å². The standard InChI is InChI=1S/C18H26BNO4/c1-17(2)18(3,4)24-19(23-17)13-8-9-15(20-10-6-7-11-20)14(12-13)16(21)22-5/h8-9,12H,6-7,10-11H2,1-5H3. The molecule has 0 radical (unpaired) electrons. The van der Waals surface area contributed by atoms with Crippen molar-refractivity contribution >= 4 is 24.2 Å². The first-order valence-corrected chi connectivity index (χ1v) is 8.58.